The van der Waals surface area contributed by atoms with Crippen LogP contribution in [0.25, 0.3) is 10.9 Å². The van der Waals surface area contributed by atoms with Crippen LogP contribution in [-0.2, 0) is 7.05 Å². The van der Waals surface area contributed by atoms with Crippen molar-refractivity contribution < 1.29 is 0 Å². The standard InChI is InChI=1S/C19H28N2OP.C6H10.C4H8.C3H8.C2H6/c1-12-7-6-8-21(5,11-12)18-14(3)17-15(9-16(18)23)19(22)13(2)10-20(17)4;1-4-6(3)5-2;1-4(2)3;1-3-2;1-2/h9-10,12H,6-8,11,23H2,1-5H3;4-5H,1H2,2-3H3;1H2,2-3H3;3H2,1-2H3;1-2H3/q+1;;;;/b;6-5-;;;. The van der Waals surface area contributed by atoms with Gasteiger partial charge in [-0.05, 0) is 60.5 Å². The van der Waals surface area contributed by atoms with E-state index in [1.165, 1.54) is 60.1 Å². The number of aryl methyl sites for hydroxylation is 3. The predicted molar refractivity (Wildman–Crippen MR) is 181 cm³/mol. The Morgan fingerprint density at radius 1 is 1.21 bits per heavy atom. The van der Waals surface area contributed by atoms with Gasteiger partial charge in [-0.3, -0.25) is 9.28 Å². The Morgan fingerprint density at radius 3 is 2.11 bits per heavy atom. The molecule has 0 radical (unpaired) electrons. The van der Waals surface area contributed by atoms with E-state index >= 15 is 0 Å². The largest absolute Gasteiger partial charge is 0.350 e. The van der Waals surface area contributed by atoms with E-state index in [1.807, 2.05) is 73.9 Å². The number of rotatable bonds is 2. The van der Waals surface area contributed by atoms with E-state index in [-0.39, 0.29) is 5.43 Å². The number of hydrogen-bond acceptors (Lipinski definition) is 1. The molecule has 1 saturated heterocycles. The molecule has 4 heteroatoms. The Morgan fingerprint density at radius 2 is 1.71 bits per heavy atom. The molecule has 0 spiro atoms. The van der Waals surface area contributed by atoms with Crippen LogP contribution >= 0.6 is 9.24 Å². The lowest BCUT2D eigenvalue weighted by Gasteiger charge is -2.41. The Balaban J connectivity index is 0. The fraction of sp³-hybridized carbons (Fsp3) is 0.559. The van der Waals surface area contributed by atoms with Crippen molar-refractivity contribution in [1.29, 1.82) is 0 Å². The van der Waals surface area contributed by atoms with Crippen LogP contribution < -0.4 is 15.2 Å². The van der Waals surface area contributed by atoms with Crippen LogP contribution in [0, 0.1) is 19.8 Å². The fourth-order valence-electron chi connectivity index (χ4n) is 4.77. The quantitative estimate of drug-likeness (QED) is 0.160. The van der Waals surface area contributed by atoms with Crippen molar-refractivity contribution in [3.05, 3.63) is 70.1 Å². The number of benzene rings is 1. The second kappa shape index (κ2) is 19.2. The maximum absolute atomic E-state index is 12.6. The molecule has 0 aliphatic carbocycles. The summed E-state index contributed by atoms with van der Waals surface area (Å²) in [6.45, 7) is 32.1. The molecule has 3 rings (SSSR count). The summed E-state index contributed by atoms with van der Waals surface area (Å²) in [5.74, 6) is 0.745. The first-order valence-electron chi connectivity index (χ1n) is 14.3. The number of pyridine rings is 1. The number of allylic oxidation sites excluding steroid dienone is 4. The minimum absolute atomic E-state index is 0.158. The van der Waals surface area contributed by atoms with Gasteiger partial charge in [0.2, 0.25) is 0 Å². The summed E-state index contributed by atoms with van der Waals surface area (Å²) in [7, 11) is 7.29. The van der Waals surface area contributed by atoms with Crippen LogP contribution in [0.2, 0.25) is 0 Å². The Hall–Kier alpha value is -1.96. The summed E-state index contributed by atoms with van der Waals surface area (Å²) >= 11 is 0. The lowest BCUT2D eigenvalue weighted by molar-refractivity contribution is 0.222. The van der Waals surface area contributed by atoms with Gasteiger partial charge in [-0.2, -0.15) is 0 Å². The van der Waals surface area contributed by atoms with Crippen molar-refractivity contribution >= 4 is 31.1 Å². The zero-order valence-electron chi connectivity index (χ0n) is 27.2. The number of nitrogens with zero attached hydrogens (tertiary/aromatic N) is 2. The minimum atomic E-state index is 0.158. The van der Waals surface area contributed by atoms with Crippen molar-refractivity contribution in [2.24, 2.45) is 13.0 Å². The van der Waals surface area contributed by atoms with E-state index < -0.39 is 0 Å². The molecule has 3 nitrogen and oxygen atoms in total. The Labute approximate surface area is 238 Å². The molecule has 2 heterocycles. The van der Waals surface area contributed by atoms with E-state index in [0.29, 0.717) is 0 Å². The van der Waals surface area contributed by atoms with Crippen molar-refractivity contribution in [2.75, 3.05) is 20.1 Å². The average Bonchev–Trinajstić information content (AvgIpc) is 2.83. The van der Waals surface area contributed by atoms with Gasteiger partial charge in [0.05, 0.1) is 25.7 Å². The number of aromatic nitrogens is 1. The van der Waals surface area contributed by atoms with Crippen molar-refractivity contribution in [3.63, 3.8) is 0 Å². The molecular weight excluding hydrogens is 483 g/mol. The first-order valence-corrected chi connectivity index (χ1v) is 14.9. The van der Waals surface area contributed by atoms with Crippen LogP contribution in [0.3, 0.4) is 0 Å². The Kier molecular flexibility index (Phi) is 19.2. The third-order valence-corrected chi connectivity index (χ3v) is 6.70. The molecule has 0 bridgehead atoms. The zero-order valence-corrected chi connectivity index (χ0v) is 28.4. The molecule has 3 atom stereocenters. The third-order valence-electron chi connectivity index (χ3n) is 6.26. The number of quaternary nitrogens is 1. The first-order chi connectivity index (χ1) is 17.7. The predicted octanol–water partition coefficient (Wildman–Crippen LogP) is 9.19. The maximum atomic E-state index is 12.6. The minimum Gasteiger partial charge on any atom is -0.350 e. The van der Waals surface area contributed by atoms with Crippen LogP contribution in [0.4, 0.5) is 5.69 Å². The number of piperidine rings is 1. The highest BCUT2D eigenvalue weighted by molar-refractivity contribution is 7.28. The number of likely N-dealkylation sites (tertiary alicyclic amines) is 1. The van der Waals surface area contributed by atoms with E-state index in [0.717, 1.165) is 26.9 Å². The van der Waals surface area contributed by atoms with Crippen LogP contribution in [-0.4, -0.2) is 24.7 Å². The van der Waals surface area contributed by atoms with E-state index in [4.69, 9.17) is 0 Å². The van der Waals surface area contributed by atoms with Crippen molar-refractivity contribution in [2.45, 2.75) is 95.4 Å². The maximum Gasteiger partial charge on any atom is 0.192 e. The summed E-state index contributed by atoms with van der Waals surface area (Å²) in [4.78, 5) is 12.6. The van der Waals surface area contributed by atoms with Crippen LogP contribution in [0.1, 0.15) is 92.7 Å². The molecule has 0 saturated carbocycles. The normalized spacial score (nSPS) is 18.3. The van der Waals surface area contributed by atoms with Gasteiger partial charge >= 0.3 is 0 Å². The molecule has 1 aliphatic rings. The highest BCUT2D eigenvalue weighted by atomic mass is 31.0. The summed E-state index contributed by atoms with van der Waals surface area (Å²) in [6.07, 6.45) is 9.66. The summed E-state index contributed by atoms with van der Waals surface area (Å²) < 4.78 is 3.10. The van der Waals surface area contributed by atoms with Gasteiger partial charge in [0.1, 0.15) is 5.69 Å². The monoisotopic (exact) mass is 543 g/mol. The van der Waals surface area contributed by atoms with Gasteiger partial charge in [0.15, 0.2) is 5.43 Å². The summed E-state index contributed by atoms with van der Waals surface area (Å²) in [5, 5.41) is 2.02. The van der Waals surface area contributed by atoms with E-state index in [2.05, 4.69) is 67.8 Å². The number of fused-ring (bicyclic) bond motifs is 1. The van der Waals surface area contributed by atoms with Crippen LogP contribution in [0.15, 0.2) is 53.5 Å². The SMILES string of the molecule is C=C(C)C.C=C/C(C)=C\C.CC.CCC.Cc1cn(C)c2c(C)c([N+]3(C)CCCC(C)C3)c(P)cc2c1=O. The molecule has 1 aromatic carbocycles. The number of hydrogen-bond donors (Lipinski definition) is 0. The topological polar surface area (TPSA) is 22.0 Å². The molecule has 0 amide bonds. The van der Waals surface area contributed by atoms with Gasteiger partial charge in [0, 0.05) is 41.0 Å². The molecule has 0 N–H and O–H groups in total. The molecule has 216 valence electrons. The average molecular weight is 544 g/mol. The molecule has 3 unspecified atom stereocenters. The van der Waals surface area contributed by atoms with Gasteiger partial charge in [-0.25, -0.2) is 0 Å². The van der Waals surface area contributed by atoms with Gasteiger partial charge in [-0.1, -0.05) is 80.2 Å². The fourth-order valence-corrected chi connectivity index (χ4v) is 5.47. The molecule has 2 aromatic rings. The summed E-state index contributed by atoms with van der Waals surface area (Å²) in [5.41, 5.74) is 7.08. The Bertz CT molecular complexity index is 1110. The zero-order chi connectivity index (χ0) is 30.2. The highest BCUT2D eigenvalue weighted by Crippen LogP contribution is 2.34. The van der Waals surface area contributed by atoms with Gasteiger partial charge in [-0.15, -0.1) is 6.58 Å². The van der Waals surface area contributed by atoms with Gasteiger partial charge < -0.3 is 4.57 Å². The van der Waals surface area contributed by atoms with Crippen molar-refractivity contribution in [1.82, 2.24) is 9.05 Å². The van der Waals surface area contributed by atoms with Crippen molar-refractivity contribution in [3.8, 4) is 0 Å². The lowest BCUT2D eigenvalue weighted by atomic mass is 9.95. The first kappa shape index (κ1) is 38.2. The molecule has 1 fully saturated rings. The third kappa shape index (κ3) is 11.8. The smallest absolute Gasteiger partial charge is 0.192 e. The molecule has 38 heavy (non-hydrogen) atoms. The molecular formula is C34H60N2OP+. The second-order valence-electron chi connectivity index (χ2n) is 10.8. The summed E-state index contributed by atoms with van der Waals surface area (Å²) in [6, 6.07) is 2.08. The van der Waals surface area contributed by atoms with E-state index in [9.17, 15) is 4.79 Å². The van der Waals surface area contributed by atoms with Crippen LogP contribution in [0.5, 0.6) is 0 Å². The second-order valence-corrected chi connectivity index (χ2v) is 11.4. The lowest BCUT2D eigenvalue weighted by Crippen LogP contribution is -2.53. The van der Waals surface area contributed by atoms with Gasteiger partial charge in [0.25, 0.3) is 0 Å². The molecule has 1 aliphatic heterocycles. The highest BCUT2D eigenvalue weighted by Gasteiger charge is 2.35. The van der Waals surface area contributed by atoms with E-state index in [1.54, 1.807) is 0 Å². The molecule has 1 aromatic heterocycles.